The molecule has 0 bridgehead atoms. The van der Waals surface area contributed by atoms with E-state index < -0.39 is 11.1 Å². The molecule has 1 rings (SSSR count). The highest BCUT2D eigenvalue weighted by Gasteiger charge is 2.08. The third-order valence-electron chi connectivity index (χ3n) is 1.57. The SMILES string of the molecule is CC(S)C(=O)Nc1ccc(Br)c(F)c1. The van der Waals surface area contributed by atoms with Crippen LogP contribution in [0.3, 0.4) is 0 Å². The van der Waals surface area contributed by atoms with Gasteiger partial charge in [0.05, 0.1) is 9.72 Å². The van der Waals surface area contributed by atoms with E-state index in [0.717, 1.165) is 0 Å². The first-order chi connectivity index (χ1) is 6.50. The normalized spacial score (nSPS) is 12.3. The zero-order valence-corrected chi connectivity index (χ0v) is 9.90. The molecule has 0 saturated heterocycles. The van der Waals surface area contributed by atoms with Crippen LogP contribution < -0.4 is 5.32 Å². The van der Waals surface area contributed by atoms with E-state index in [1.54, 1.807) is 13.0 Å². The number of rotatable bonds is 2. The van der Waals surface area contributed by atoms with Crippen molar-refractivity contribution in [2.24, 2.45) is 0 Å². The Morgan fingerprint density at radius 3 is 2.79 bits per heavy atom. The maximum atomic E-state index is 13.0. The van der Waals surface area contributed by atoms with Crippen LogP contribution in [-0.2, 0) is 4.79 Å². The van der Waals surface area contributed by atoms with Crippen LogP contribution in [0, 0.1) is 5.82 Å². The summed E-state index contributed by atoms with van der Waals surface area (Å²) >= 11 is 6.98. The van der Waals surface area contributed by atoms with Gasteiger partial charge < -0.3 is 5.32 Å². The summed E-state index contributed by atoms with van der Waals surface area (Å²) in [7, 11) is 0. The third kappa shape index (κ3) is 2.99. The first-order valence-corrected chi connectivity index (χ1v) is 5.25. The molecule has 0 radical (unpaired) electrons. The van der Waals surface area contributed by atoms with Crippen LogP contribution in [0.2, 0.25) is 0 Å². The first kappa shape index (κ1) is 11.5. The largest absolute Gasteiger partial charge is 0.325 e. The second-order valence-electron chi connectivity index (χ2n) is 2.79. The van der Waals surface area contributed by atoms with Gasteiger partial charge in [-0.25, -0.2) is 4.39 Å². The van der Waals surface area contributed by atoms with Crippen LogP contribution in [0.1, 0.15) is 6.92 Å². The molecule has 1 atom stereocenters. The molecule has 0 saturated carbocycles. The molecule has 0 fully saturated rings. The molecule has 0 aliphatic carbocycles. The molecule has 0 aromatic heterocycles. The molecule has 2 nitrogen and oxygen atoms in total. The van der Waals surface area contributed by atoms with Crippen LogP contribution in [-0.4, -0.2) is 11.2 Å². The molecule has 0 aliphatic heterocycles. The van der Waals surface area contributed by atoms with Gasteiger partial charge in [-0.3, -0.25) is 4.79 Å². The van der Waals surface area contributed by atoms with Gasteiger partial charge in [0, 0.05) is 5.69 Å². The molecule has 1 amide bonds. The average molecular weight is 278 g/mol. The Kier molecular flexibility index (Phi) is 3.95. The van der Waals surface area contributed by atoms with E-state index >= 15 is 0 Å². The van der Waals surface area contributed by atoms with Crippen molar-refractivity contribution in [3.63, 3.8) is 0 Å². The molecule has 0 aliphatic rings. The zero-order chi connectivity index (χ0) is 10.7. The number of anilines is 1. The third-order valence-corrected chi connectivity index (χ3v) is 2.44. The fourth-order valence-corrected chi connectivity index (χ4v) is 1.13. The van der Waals surface area contributed by atoms with Crippen LogP contribution in [0.25, 0.3) is 0 Å². The monoisotopic (exact) mass is 277 g/mol. The summed E-state index contributed by atoms with van der Waals surface area (Å²) in [6.07, 6.45) is 0. The minimum atomic E-state index is -0.415. The van der Waals surface area contributed by atoms with Crippen molar-refractivity contribution in [1.29, 1.82) is 0 Å². The lowest BCUT2D eigenvalue weighted by Crippen LogP contribution is -2.20. The Hall–Kier alpha value is -0.550. The second-order valence-corrected chi connectivity index (χ2v) is 4.42. The van der Waals surface area contributed by atoms with Crippen LogP contribution in [0.4, 0.5) is 10.1 Å². The molecule has 14 heavy (non-hydrogen) atoms. The number of hydrogen-bond acceptors (Lipinski definition) is 2. The quantitative estimate of drug-likeness (QED) is 0.800. The van der Waals surface area contributed by atoms with Crippen molar-refractivity contribution in [3.05, 3.63) is 28.5 Å². The summed E-state index contributed by atoms with van der Waals surface area (Å²) in [5.41, 5.74) is 0.427. The van der Waals surface area contributed by atoms with E-state index in [9.17, 15) is 9.18 Å². The molecule has 0 heterocycles. The number of nitrogens with one attached hydrogen (secondary N) is 1. The molecule has 1 N–H and O–H groups in total. The summed E-state index contributed by atoms with van der Waals surface area (Å²) in [6.45, 7) is 1.65. The summed E-state index contributed by atoms with van der Waals surface area (Å²) in [5.74, 6) is -0.662. The Morgan fingerprint density at radius 1 is 1.64 bits per heavy atom. The van der Waals surface area contributed by atoms with Crippen LogP contribution >= 0.6 is 28.6 Å². The summed E-state index contributed by atoms with van der Waals surface area (Å²) < 4.78 is 13.4. The van der Waals surface area contributed by atoms with Crippen molar-refractivity contribution < 1.29 is 9.18 Å². The van der Waals surface area contributed by atoms with Gasteiger partial charge in [-0.15, -0.1) is 0 Å². The van der Waals surface area contributed by atoms with Gasteiger partial charge in [0.2, 0.25) is 5.91 Å². The Morgan fingerprint density at radius 2 is 2.29 bits per heavy atom. The number of thiol groups is 1. The van der Waals surface area contributed by atoms with Gasteiger partial charge in [0.1, 0.15) is 5.82 Å². The van der Waals surface area contributed by atoms with E-state index in [1.807, 2.05) is 0 Å². The summed E-state index contributed by atoms with van der Waals surface area (Å²) in [6, 6.07) is 4.40. The van der Waals surface area contributed by atoms with Crippen molar-refractivity contribution in [1.82, 2.24) is 0 Å². The van der Waals surface area contributed by atoms with Gasteiger partial charge in [-0.2, -0.15) is 12.6 Å². The zero-order valence-electron chi connectivity index (χ0n) is 7.42. The van der Waals surface area contributed by atoms with Crippen LogP contribution in [0.15, 0.2) is 22.7 Å². The highest BCUT2D eigenvalue weighted by molar-refractivity contribution is 9.10. The van der Waals surface area contributed by atoms with E-state index in [-0.39, 0.29) is 5.91 Å². The molecular formula is C9H9BrFNOS. The average Bonchev–Trinajstić information content (AvgIpc) is 2.11. The Balaban J connectivity index is 2.78. The number of carbonyl (C=O) groups excluding carboxylic acids is 1. The number of hydrogen-bond donors (Lipinski definition) is 2. The molecule has 76 valence electrons. The Bertz CT molecular complexity index is 357. The summed E-state index contributed by atoms with van der Waals surface area (Å²) in [4.78, 5) is 11.2. The fourth-order valence-electron chi connectivity index (χ4n) is 0.821. The standard InChI is InChI=1S/C9H9BrFNOS/c1-5(14)9(13)12-6-2-3-7(10)8(11)4-6/h2-5,14H,1H3,(H,12,13). The van der Waals surface area contributed by atoms with Crippen molar-refractivity contribution >= 4 is 40.2 Å². The smallest absolute Gasteiger partial charge is 0.236 e. The van der Waals surface area contributed by atoms with E-state index in [4.69, 9.17) is 0 Å². The molecular weight excluding hydrogens is 269 g/mol. The minimum absolute atomic E-state index is 0.255. The van der Waals surface area contributed by atoms with Gasteiger partial charge in [-0.1, -0.05) is 0 Å². The number of carbonyl (C=O) groups is 1. The Labute approximate surface area is 95.4 Å². The number of benzene rings is 1. The van der Waals surface area contributed by atoms with Crippen molar-refractivity contribution in [2.45, 2.75) is 12.2 Å². The molecule has 5 heteroatoms. The minimum Gasteiger partial charge on any atom is -0.325 e. The van der Waals surface area contributed by atoms with Gasteiger partial charge in [0.25, 0.3) is 0 Å². The highest BCUT2D eigenvalue weighted by atomic mass is 79.9. The maximum Gasteiger partial charge on any atom is 0.236 e. The van der Waals surface area contributed by atoms with Gasteiger partial charge in [-0.05, 0) is 41.1 Å². The van der Waals surface area contributed by atoms with Crippen molar-refractivity contribution in [2.75, 3.05) is 5.32 Å². The lowest BCUT2D eigenvalue weighted by molar-refractivity contribution is -0.115. The lowest BCUT2D eigenvalue weighted by Gasteiger charge is -2.07. The van der Waals surface area contributed by atoms with Crippen molar-refractivity contribution in [3.8, 4) is 0 Å². The number of amides is 1. The second kappa shape index (κ2) is 4.79. The fraction of sp³-hybridized carbons (Fsp3) is 0.222. The van der Waals surface area contributed by atoms with Crippen LogP contribution in [0.5, 0.6) is 0 Å². The predicted octanol–water partition coefficient (Wildman–Crippen LogP) is 2.85. The topological polar surface area (TPSA) is 29.1 Å². The molecule has 1 unspecified atom stereocenters. The highest BCUT2D eigenvalue weighted by Crippen LogP contribution is 2.19. The first-order valence-electron chi connectivity index (χ1n) is 3.94. The molecule has 0 spiro atoms. The predicted molar refractivity (Wildman–Crippen MR) is 61.2 cm³/mol. The maximum absolute atomic E-state index is 13.0. The summed E-state index contributed by atoms with van der Waals surface area (Å²) in [5, 5.41) is 2.12. The van der Waals surface area contributed by atoms with Gasteiger partial charge >= 0.3 is 0 Å². The number of halogens is 2. The van der Waals surface area contributed by atoms with E-state index in [0.29, 0.717) is 10.2 Å². The molecule has 1 aromatic carbocycles. The van der Waals surface area contributed by atoms with Gasteiger partial charge in [0.15, 0.2) is 0 Å². The van der Waals surface area contributed by atoms with E-state index in [1.165, 1.54) is 12.1 Å². The lowest BCUT2D eigenvalue weighted by atomic mass is 10.3. The van der Waals surface area contributed by atoms with E-state index in [2.05, 4.69) is 33.9 Å². The molecule has 1 aromatic rings.